The molecule has 0 saturated heterocycles. The standard InChI is InChI=1S/C16H22O2S/c1-2-3-4-13-19-14-12-18-16-9-7-15(8-10-16)6-5-11-17/h7-10,17H,2-4,11-14H2,1H3. The van der Waals surface area contributed by atoms with Crippen LogP contribution in [0.4, 0.5) is 0 Å². The molecule has 0 amide bonds. The normalized spacial score (nSPS) is 9.79. The van der Waals surface area contributed by atoms with Gasteiger partial charge in [-0.25, -0.2) is 0 Å². The Labute approximate surface area is 120 Å². The predicted octanol–water partition coefficient (Wildman–Crippen LogP) is 3.33. The summed E-state index contributed by atoms with van der Waals surface area (Å²) in [5, 5.41) is 8.60. The second-order valence-corrected chi connectivity index (χ2v) is 5.38. The summed E-state index contributed by atoms with van der Waals surface area (Å²) in [6.45, 7) is 2.87. The molecule has 104 valence electrons. The third kappa shape index (κ3) is 7.81. The van der Waals surface area contributed by atoms with Crippen molar-refractivity contribution in [2.45, 2.75) is 26.2 Å². The van der Waals surface area contributed by atoms with E-state index in [1.54, 1.807) is 0 Å². The van der Waals surface area contributed by atoms with E-state index in [1.165, 1.54) is 25.0 Å². The summed E-state index contributed by atoms with van der Waals surface area (Å²) in [5.41, 5.74) is 0.898. The summed E-state index contributed by atoms with van der Waals surface area (Å²) in [6.07, 6.45) is 3.91. The summed E-state index contributed by atoms with van der Waals surface area (Å²) in [4.78, 5) is 0. The van der Waals surface area contributed by atoms with Gasteiger partial charge in [-0.2, -0.15) is 11.8 Å². The van der Waals surface area contributed by atoms with Crippen molar-refractivity contribution in [2.75, 3.05) is 24.7 Å². The van der Waals surface area contributed by atoms with Gasteiger partial charge in [-0.15, -0.1) is 0 Å². The maximum Gasteiger partial charge on any atom is 0.119 e. The van der Waals surface area contributed by atoms with Crippen molar-refractivity contribution in [3.05, 3.63) is 29.8 Å². The molecule has 0 aromatic heterocycles. The topological polar surface area (TPSA) is 29.5 Å². The minimum Gasteiger partial charge on any atom is -0.493 e. The van der Waals surface area contributed by atoms with E-state index >= 15 is 0 Å². The molecule has 0 radical (unpaired) electrons. The van der Waals surface area contributed by atoms with Crippen LogP contribution in [0.15, 0.2) is 24.3 Å². The van der Waals surface area contributed by atoms with Crippen LogP contribution in [-0.2, 0) is 0 Å². The molecule has 1 aromatic carbocycles. The van der Waals surface area contributed by atoms with Gasteiger partial charge >= 0.3 is 0 Å². The Morgan fingerprint density at radius 2 is 1.95 bits per heavy atom. The third-order valence-electron chi connectivity index (χ3n) is 2.55. The summed E-state index contributed by atoms with van der Waals surface area (Å²) < 4.78 is 5.65. The second-order valence-electron chi connectivity index (χ2n) is 4.15. The lowest BCUT2D eigenvalue weighted by atomic mass is 10.2. The van der Waals surface area contributed by atoms with Gasteiger partial charge in [0.2, 0.25) is 0 Å². The summed E-state index contributed by atoms with van der Waals surface area (Å²) in [6, 6.07) is 7.66. The molecule has 1 N–H and O–H groups in total. The highest BCUT2D eigenvalue weighted by molar-refractivity contribution is 7.99. The highest BCUT2D eigenvalue weighted by atomic mass is 32.2. The van der Waals surface area contributed by atoms with Gasteiger partial charge in [-0.05, 0) is 36.4 Å². The van der Waals surface area contributed by atoms with Gasteiger partial charge in [-0.3, -0.25) is 0 Å². The van der Waals surface area contributed by atoms with Gasteiger partial charge in [0.15, 0.2) is 0 Å². The first-order chi connectivity index (χ1) is 9.36. The Bertz CT molecular complexity index is 389. The second kappa shape index (κ2) is 10.8. The van der Waals surface area contributed by atoms with Crippen molar-refractivity contribution in [3.8, 4) is 17.6 Å². The van der Waals surface area contributed by atoms with Gasteiger partial charge in [0.05, 0.1) is 6.61 Å². The number of ether oxygens (including phenoxy) is 1. The van der Waals surface area contributed by atoms with Gasteiger partial charge in [0.1, 0.15) is 12.4 Å². The predicted molar refractivity (Wildman–Crippen MR) is 82.8 cm³/mol. The molecule has 0 saturated carbocycles. The Morgan fingerprint density at radius 1 is 1.16 bits per heavy atom. The summed E-state index contributed by atoms with van der Waals surface area (Å²) in [7, 11) is 0. The van der Waals surface area contributed by atoms with Crippen LogP contribution < -0.4 is 4.74 Å². The van der Waals surface area contributed by atoms with E-state index in [9.17, 15) is 0 Å². The average Bonchev–Trinajstić information content (AvgIpc) is 2.45. The molecule has 0 aliphatic rings. The molecule has 3 heteroatoms. The molecule has 0 heterocycles. The van der Waals surface area contributed by atoms with Crippen LogP contribution >= 0.6 is 11.8 Å². The third-order valence-corrected chi connectivity index (χ3v) is 3.59. The van der Waals surface area contributed by atoms with Crippen LogP contribution in [0.3, 0.4) is 0 Å². The quantitative estimate of drug-likeness (QED) is 0.584. The van der Waals surface area contributed by atoms with Crippen LogP contribution in [0.2, 0.25) is 0 Å². The summed E-state index contributed by atoms with van der Waals surface area (Å²) in [5.74, 6) is 8.62. The number of hydrogen-bond donors (Lipinski definition) is 1. The zero-order valence-corrected chi connectivity index (χ0v) is 12.3. The fourth-order valence-electron chi connectivity index (χ4n) is 1.55. The van der Waals surface area contributed by atoms with Crippen LogP contribution in [-0.4, -0.2) is 29.8 Å². The fourth-order valence-corrected chi connectivity index (χ4v) is 2.36. The van der Waals surface area contributed by atoms with E-state index in [4.69, 9.17) is 9.84 Å². The molecular formula is C16H22O2S. The monoisotopic (exact) mass is 278 g/mol. The van der Waals surface area contributed by atoms with Crippen LogP contribution in [0.5, 0.6) is 5.75 Å². The number of unbranched alkanes of at least 4 members (excludes halogenated alkanes) is 2. The highest BCUT2D eigenvalue weighted by Crippen LogP contribution is 2.12. The van der Waals surface area contributed by atoms with Gasteiger partial charge in [0, 0.05) is 11.3 Å². The summed E-state index contributed by atoms with van der Waals surface area (Å²) >= 11 is 1.95. The molecule has 0 aliphatic heterocycles. The van der Waals surface area contributed by atoms with E-state index in [0.717, 1.165) is 23.7 Å². The molecule has 0 bridgehead atoms. The van der Waals surface area contributed by atoms with Crippen molar-refractivity contribution in [3.63, 3.8) is 0 Å². The molecule has 1 rings (SSSR count). The fraction of sp³-hybridized carbons (Fsp3) is 0.500. The van der Waals surface area contributed by atoms with Gasteiger partial charge in [-0.1, -0.05) is 31.6 Å². The van der Waals surface area contributed by atoms with Gasteiger partial charge < -0.3 is 9.84 Å². The molecule has 0 aliphatic carbocycles. The maximum absolute atomic E-state index is 8.60. The smallest absolute Gasteiger partial charge is 0.119 e. The number of aliphatic hydroxyl groups is 1. The van der Waals surface area contributed by atoms with E-state index in [2.05, 4.69) is 18.8 Å². The van der Waals surface area contributed by atoms with Crippen LogP contribution in [0.1, 0.15) is 31.7 Å². The van der Waals surface area contributed by atoms with Crippen LogP contribution in [0.25, 0.3) is 0 Å². The van der Waals surface area contributed by atoms with Crippen molar-refractivity contribution in [1.82, 2.24) is 0 Å². The molecule has 2 nitrogen and oxygen atoms in total. The number of thioether (sulfide) groups is 1. The minimum atomic E-state index is -0.104. The Kier molecular flexibility index (Phi) is 9.05. The lowest BCUT2D eigenvalue weighted by Crippen LogP contribution is -2.00. The Hall–Kier alpha value is -1.11. The SMILES string of the molecule is CCCCCSCCOc1ccc(C#CCO)cc1. The first-order valence-corrected chi connectivity index (χ1v) is 7.92. The lowest BCUT2D eigenvalue weighted by molar-refractivity contribution is 0.344. The average molecular weight is 278 g/mol. The van der Waals surface area contributed by atoms with Crippen molar-refractivity contribution >= 4 is 11.8 Å². The molecule has 0 unspecified atom stereocenters. The largest absolute Gasteiger partial charge is 0.493 e. The van der Waals surface area contributed by atoms with Crippen molar-refractivity contribution in [2.24, 2.45) is 0 Å². The molecule has 0 fully saturated rings. The number of aliphatic hydroxyl groups excluding tert-OH is 1. The van der Waals surface area contributed by atoms with Crippen molar-refractivity contribution in [1.29, 1.82) is 0 Å². The van der Waals surface area contributed by atoms with Crippen LogP contribution in [0, 0.1) is 11.8 Å². The van der Waals surface area contributed by atoms with E-state index in [0.29, 0.717) is 0 Å². The molecule has 0 atom stereocenters. The maximum atomic E-state index is 8.60. The van der Waals surface area contributed by atoms with Gasteiger partial charge in [0.25, 0.3) is 0 Å². The Balaban J connectivity index is 2.16. The first-order valence-electron chi connectivity index (χ1n) is 6.77. The zero-order chi connectivity index (χ0) is 13.8. The molecule has 19 heavy (non-hydrogen) atoms. The molecular weight excluding hydrogens is 256 g/mol. The highest BCUT2D eigenvalue weighted by Gasteiger charge is 1.94. The zero-order valence-electron chi connectivity index (χ0n) is 11.5. The van der Waals surface area contributed by atoms with E-state index in [1.807, 2.05) is 36.0 Å². The minimum absolute atomic E-state index is 0.104. The van der Waals surface area contributed by atoms with E-state index < -0.39 is 0 Å². The Morgan fingerprint density at radius 3 is 2.63 bits per heavy atom. The number of rotatable bonds is 8. The molecule has 0 spiro atoms. The van der Waals surface area contributed by atoms with Crippen molar-refractivity contribution < 1.29 is 9.84 Å². The first kappa shape index (κ1) is 15.9. The van der Waals surface area contributed by atoms with E-state index in [-0.39, 0.29) is 6.61 Å². The number of benzene rings is 1. The number of hydrogen-bond acceptors (Lipinski definition) is 3. The molecule has 1 aromatic rings. The lowest BCUT2D eigenvalue weighted by Gasteiger charge is -2.06.